The highest BCUT2D eigenvalue weighted by Gasteiger charge is 2.14. The van der Waals surface area contributed by atoms with Crippen molar-refractivity contribution in [3.63, 3.8) is 0 Å². The van der Waals surface area contributed by atoms with Gasteiger partial charge in [-0.3, -0.25) is 4.79 Å². The third-order valence-corrected chi connectivity index (χ3v) is 4.11. The predicted octanol–water partition coefficient (Wildman–Crippen LogP) is 4.71. The number of rotatable bonds is 5. The van der Waals surface area contributed by atoms with Crippen LogP contribution in [0.4, 0.5) is 5.69 Å². The van der Waals surface area contributed by atoms with Crippen LogP contribution in [0.3, 0.4) is 0 Å². The molecule has 0 bridgehead atoms. The fourth-order valence-corrected chi connectivity index (χ4v) is 2.96. The number of hydrogen-bond donors (Lipinski definition) is 2. The van der Waals surface area contributed by atoms with Crippen molar-refractivity contribution in [2.45, 2.75) is 20.3 Å². The summed E-state index contributed by atoms with van der Waals surface area (Å²) in [7, 11) is 0. The molecular formula is C19H19ClN2O2. The number of hydrogen-bond acceptors (Lipinski definition) is 2. The van der Waals surface area contributed by atoms with Crippen molar-refractivity contribution in [3.05, 3.63) is 58.7 Å². The highest BCUT2D eigenvalue weighted by molar-refractivity contribution is 6.31. The lowest BCUT2D eigenvalue weighted by molar-refractivity contribution is -0.115. The molecule has 0 fully saturated rings. The molecule has 124 valence electrons. The Morgan fingerprint density at radius 3 is 2.83 bits per heavy atom. The quantitative estimate of drug-likeness (QED) is 0.705. The Bertz CT molecular complexity index is 886. The number of benzene rings is 2. The number of nitrogens with one attached hydrogen (secondary N) is 2. The first-order valence-corrected chi connectivity index (χ1v) is 8.24. The molecule has 1 aromatic heterocycles. The van der Waals surface area contributed by atoms with Crippen LogP contribution in [-0.2, 0) is 11.2 Å². The minimum absolute atomic E-state index is 0.0915. The van der Waals surface area contributed by atoms with Gasteiger partial charge < -0.3 is 15.0 Å². The zero-order valence-electron chi connectivity index (χ0n) is 13.7. The zero-order chi connectivity index (χ0) is 17.1. The Labute approximate surface area is 145 Å². The Morgan fingerprint density at radius 1 is 1.25 bits per heavy atom. The number of fused-ring (bicyclic) bond motifs is 1. The molecule has 5 heteroatoms. The molecule has 0 atom stereocenters. The maximum absolute atomic E-state index is 12.5. The van der Waals surface area contributed by atoms with E-state index in [0.717, 1.165) is 22.2 Å². The molecule has 0 saturated carbocycles. The molecule has 1 amide bonds. The normalized spacial score (nSPS) is 10.8. The number of ether oxygens (including phenoxy) is 1. The molecule has 0 aliphatic rings. The summed E-state index contributed by atoms with van der Waals surface area (Å²) >= 11 is 6.09. The van der Waals surface area contributed by atoms with Crippen molar-refractivity contribution < 1.29 is 9.53 Å². The second-order valence-electron chi connectivity index (χ2n) is 5.57. The van der Waals surface area contributed by atoms with Gasteiger partial charge in [-0.2, -0.15) is 0 Å². The van der Waals surface area contributed by atoms with Gasteiger partial charge in [0, 0.05) is 21.6 Å². The molecule has 3 aromatic rings. The van der Waals surface area contributed by atoms with Crippen molar-refractivity contribution in [2.75, 3.05) is 11.9 Å². The lowest BCUT2D eigenvalue weighted by Gasteiger charge is -2.11. The van der Waals surface area contributed by atoms with E-state index in [0.29, 0.717) is 23.1 Å². The van der Waals surface area contributed by atoms with Crippen LogP contribution < -0.4 is 10.1 Å². The number of para-hydroxylation sites is 2. The summed E-state index contributed by atoms with van der Waals surface area (Å²) in [6.07, 6.45) is 0.270. The number of amides is 1. The van der Waals surface area contributed by atoms with Crippen LogP contribution in [0.1, 0.15) is 18.2 Å². The van der Waals surface area contributed by atoms with Crippen LogP contribution >= 0.6 is 11.6 Å². The van der Waals surface area contributed by atoms with E-state index >= 15 is 0 Å². The highest BCUT2D eigenvalue weighted by atomic mass is 35.5. The van der Waals surface area contributed by atoms with Gasteiger partial charge in [-0.05, 0) is 49.7 Å². The van der Waals surface area contributed by atoms with Gasteiger partial charge in [-0.1, -0.05) is 23.7 Å². The highest BCUT2D eigenvalue weighted by Crippen LogP contribution is 2.27. The summed E-state index contributed by atoms with van der Waals surface area (Å²) < 4.78 is 5.54. The average Bonchev–Trinajstić information content (AvgIpc) is 2.85. The smallest absolute Gasteiger partial charge is 0.228 e. The van der Waals surface area contributed by atoms with Crippen LogP contribution in [-0.4, -0.2) is 17.5 Å². The van der Waals surface area contributed by atoms with E-state index in [2.05, 4.69) is 10.3 Å². The van der Waals surface area contributed by atoms with E-state index in [1.165, 1.54) is 0 Å². The van der Waals surface area contributed by atoms with Crippen LogP contribution in [0.2, 0.25) is 5.02 Å². The summed E-state index contributed by atoms with van der Waals surface area (Å²) in [6.45, 7) is 4.43. The number of carbonyl (C=O) groups excluding carboxylic acids is 1. The summed E-state index contributed by atoms with van der Waals surface area (Å²) in [5, 5.41) is 4.57. The molecule has 0 aliphatic heterocycles. The Morgan fingerprint density at radius 2 is 2.04 bits per heavy atom. The molecule has 2 N–H and O–H groups in total. The molecule has 0 spiro atoms. The van der Waals surface area contributed by atoms with Crippen molar-refractivity contribution in [3.8, 4) is 5.75 Å². The van der Waals surface area contributed by atoms with Gasteiger partial charge in [-0.15, -0.1) is 0 Å². The summed E-state index contributed by atoms with van der Waals surface area (Å²) in [5.74, 6) is 0.582. The molecule has 4 nitrogen and oxygen atoms in total. The monoisotopic (exact) mass is 342 g/mol. The molecular weight excluding hydrogens is 324 g/mol. The van der Waals surface area contributed by atoms with E-state index in [9.17, 15) is 4.79 Å². The first-order valence-electron chi connectivity index (χ1n) is 7.87. The van der Waals surface area contributed by atoms with E-state index in [1.54, 1.807) is 0 Å². The van der Waals surface area contributed by atoms with Crippen molar-refractivity contribution >= 4 is 34.1 Å². The second-order valence-corrected chi connectivity index (χ2v) is 6.01. The van der Waals surface area contributed by atoms with Gasteiger partial charge in [0.25, 0.3) is 0 Å². The van der Waals surface area contributed by atoms with Gasteiger partial charge >= 0.3 is 0 Å². The standard InChI is InChI=1S/C19H19ClN2O2/c1-3-24-18-7-5-4-6-17(18)22-19(23)11-14-12(2)21-16-9-8-13(20)10-15(14)16/h4-10,21H,3,11H2,1-2H3,(H,22,23). The molecule has 0 radical (unpaired) electrons. The van der Waals surface area contributed by atoms with Gasteiger partial charge in [-0.25, -0.2) is 0 Å². The van der Waals surface area contributed by atoms with Gasteiger partial charge in [0.15, 0.2) is 0 Å². The molecule has 2 aromatic carbocycles. The molecule has 0 unspecified atom stereocenters. The number of anilines is 1. The fourth-order valence-electron chi connectivity index (χ4n) is 2.79. The van der Waals surface area contributed by atoms with Crippen LogP contribution in [0.5, 0.6) is 5.75 Å². The number of carbonyl (C=O) groups is 1. The maximum atomic E-state index is 12.5. The second kappa shape index (κ2) is 6.97. The molecule has 3 rings (SSSR count). The molecule has 1 heterocycles. The SMILES string of the molecule is CCOc1ccccc1NC(=O)Cc1c(C)[nH]c2ccc(Cl)cc12. The maximum Gasteiger partial charge on any atom is 0.228 e. The molecule has 24 heavy (non-hydrogen) atoms. The molecule has 0 aliphatic carbocycles. The summed E-state index contributed by atoms with van der Waals surface area (Å²) in [5.41, 5.74) is 3.59. The summed E-state index contributed by atoms with van der Waals surface area (Å²) in [6, 6.07) is 13.1. The Kier molecular flexibility index (Phi) is 4.76. The average molecular weight is 343 g/mol. The van der Waals surface area contributed by atoms with Gasteiger partial charge in [0.1, 0.15) is 5.75 Å². The van der Waals surface area contributed by atoms with E-state index in [-0.39, 0.29) is 12.3 Å². The minimum atomic E-state index is -0.0915. The Balaban J connectivity index is 1.83. The predicted molar refractivity (Wildman–Crippen MR) is 98.0 cm³/mol. The molecule has 0 saturated heterocycles. The minimum Gasteiger partial charge on any atom is -0.492 e. The topological polar surface area (TPSA) is 54.1 Å². The van der Waals surface area contributed by atoms with Crippen molar-refractivity contribution in [2.24, 2.45) is 0 Å². The number of aromatic nitrogens is 1. The number of aromatic amines is 1. The third-order valence-electron chi connectivity index (χ3n) is 3.88. The van der Waals surface area contributed by atoms with Crippen molar-refractivity contribution in [1.29, 1.82) is 0 Å². The first kappa shape index (κ1) is 16.4. The lowest BCUT2D eigenvalue weighted by atomic mass is 10.1. The van der Waals surface area contributed by atoms with Gasteiger partial charge in [0.05, 0.1) is 18.7 Å². The van der Waals surface area contributed by atoms with E-state index in [4.69, 9.17) is 16.3 Å². The van der Waals surface area contributed by atoms with Crippen LogP contribution in [0, 0.1) is 6.92 Å². The number of halogens is 1. The lowest BCUT2D eigenvalue weighted by Crippen LogP contribution is -2.15. The van der Waals surface area contributed by atoms with Crippen molar-refractivity contribution in [1.82, 2.24) is 4.98 Å². The fraction of sp³-hybridized carbons (Fsp3) is 0.211. The largest absolute Gasteiger partial charge is 0.492 e. The number of aryl methyl sites for hydroxylation is 1. The summed E-state index contributed by atoms with van der Waals surface area (Å²) in [4.78, 5) is 15.8. The number of H-pyrrole nitrogens is 1. The first-order chi connectivity index (χ1) is 11.6. The van der Waals surface area contributed by atoms with Crippen LogP contribution in [0.25, 0.3) is 10.9 Å². The third kappa shape index (κ3) is 3.39. The van der Waals surface area contributed by atoms with Gasteiger partial charge in [0.2, 0.25) is 5.91 Å². The zero-order valence-corrected chi connectivity index (χ0v) is 14.4. The van der Waals surface area contributed by atoms with Crippen LogP contribution in [0.15, 0.2) is 42.5 Å². The van der Waals surface area contributed by atoms with E-state index in [1.807, 2.05) is 56.3 Å². The van der Waals surface area contributed by atoms with E-state index < -0.39 is 0 Å². The Hall–Kier alpha value is -2.46.